The van der Waals surface area contributed by atoms with Gasteiger partial charge in [-0.25, -0.2) is 0 Å². The molecule has 6 nitrogen and oxygen atoms in total. The number of Topliss-reactive ketones (excluding diaryl/α,β-unsaturated/α-hetero) is 1. The van der Waals surface area contributed by atoms with E-state index >= 15 is 0 Å². The molecule has 1 aliphatic heterocycles. The number of ether oxygens (including phenoxy) is 1. The van der Waals surface area contributed by atoms with Crippen molar-refractivity contribution in [3.8, 4) is 0 Å². The molecule has 0 amide bonds. The van der Waals surface area contributed by atoms with Crippen molar-refractivity contribution in [2.24, 2.45) is 0 Å². The van der Waals surface area contributed by atoms with Crippen LogP contribution in [0.15, 0.2) is 23.8 Å². The predicted octanol–water partition coefficient (Wildman–Crippen LogP) is 0.809. The largest absolute Gasteiger partial charge is 0.379 e. The third-order valence-electron chi connectivity index (χ3n) is 4.44. The molecule has 1 saturated heterocycles. The van der Waals surface area contributed by atoms with Crippen LogP contribution in [-0.2, 0) is 19.6 Å². The van der Waals surface area contributed by atoms with Gasteiger partial charge in [0.05, 0.1) is 13.2 Å². The van der Waals surface area contributed by atoms with Crippen LogP contribution in [0.5, 0.6) is 0 Å². The first-order valence-corrected chi connectivity index (χ1v) is 8.29. The second-order valence-electron chi connectivity index (χ2n) is 5.73. The Morgan fingerprint density at radius 1 is 1.38 bits per heavy atom. The van der Waals surface area contributed by atoms with E-state index in [4.69, 9.17) is 4.74 Å². The smallest absolute Gasteiger partial charge is 0.276 e. The third-order valence-corrected chi connectivity index (χ3v) is 5.96. The topological polar surface area (TPSA) is 83.9 Å². The number of morpholine rings is 1. The highest BCUT2D eigenvalue weighted by Crippen LogP contribution is 2.42. The molecule has 2 rings (SSSR count). The SMILES string of the molecule is CC(=O)C1(N2CCOCC2)C=C(C)C=C[C@@]1(C)S(=O)(=O)O. The molecular formula is C14H21NO5S. The van der Waals surface area contributed by atoms with Crippen LogP contribution in [0, 0.1) is 0 Å². The molecule has 118 valence electrons. The number of hydrogen-bond donors (Lipinski definition) is 1. The van der Waals surface area contributed by atoms with Crippen LogP contribution >= 0.6 is 0 Å². The summed E-state index contributed by atoms with van der Waals surface area (Å²) in [5.41, 5.74) is -0.624. The Morgan fingerprint density at radius 2 is 1.95 bits per heavy atom. The quantitative estimate of drug-likeness (QED) is 0.776. The summed E-state index contributed by atoms with van der Waals surface area (Å²) >= 11 is 0. The molecule has 0 saturated carbocycles. The molecule has 0 spiro atoms. The molecule has 2 aliphatic rings. The number of ketones is 1. The van der Waals surface area contributed by atoms with Gasteiger partial charge in [-0.1, -0.05) is 23.8 Å². The zero-order valence-corrected chi connectivity index (χ0v) is 13.3. The van der Waals surface area contributed by atoms with Crippen LogP contribution in [0.2, 0.25) is 0 Å². The second kappa shape index (κ2) is 5.31. The lowest BCUT2D eigenvalue weighted by atomic mass is 9.74. The molecular weight excluding hydrogens is 294 g/mol. The summed E-state index contributed by atoms with van der Waals surface area (Å²) in [4.78, 5) is 14.3. The van der Waals surface area contributed by atoms with Crippen molar-refractivity contribution in [2.75, 3.05) is 26.3 Å². The molecule has 1 aliphatic carbocycles. The highest BCUT2D eigenvalue weighted by Gasteiger charge is 2.61. The van der Waals surface area contributed by atoms with Gasteiger partial charge in [-0.3, -0.25) is 14.2 Å². The normalized spacial score (nSPS) is 34.6. The van der Waals surface area contributed by atoms with Gasteiger partial charge in [-0.15, -0.1) is 0 Å². The predicted molar refractivity (Wildman–Crippen MR) is 78.7 cm³/mol. The Morgan fingerprint density at radius 3 is 2.43 bits per heavy atom. The first-order chi connectivity index (χ1) is 9.65. The summed E-state index contributed by atoms with van der Waals surface area (Å²) in [5, 5.41) is 0. The van der Waals surface area contributed by atoms with E-state index in [1.54, 1.807) is 24.0 Å². The number of allylic oxidation sites excluding steroid dienone is 2. The van der Waals surface area contributed by atoms with Crippen LogP contribution in [0.25, 0.3) is 0 Å². The highest BCUT2D eigenvalue weighted by atomic mass is 32.2. The number of carbonyl (C=O) groups excluding carboxylic acids is 1. The summed E-state index contributed by atoms with van der Waals surface area (Å²) in [6, 6.07) is 0. The van der Waals surface area contributed by atoms with Crippen LogP contribution in [0.4, 0.5) is 0 Å². The molecule has 1 fully saturated rings. The molecule has 1 unspecified atom stereocenters. The van der Waals surface area contributed by atoms with Crippen LogP contribution < -0.4 is 0 Å². The van der Waals surface area contributed by atoms with E-state index < -0.39 is 20.4 Å². The summed E-state index contributed by atoms with van der Waals surface area (Å²) < 4.78 is 37.4. The molecule has 0 aromatic heterocycles. The van der Waals surface area contributed by atoms with Gasteiger partial charge >= 0.3 is 0 Å². The summed E-state index contributed by atoms with van der Waals surface area (Å²) in [6.07, 6.45) is 4.68. The summed E-state index contributed by atoms with van der Waals surface area (Å²) in [7, 11) is -4.49. The highest BCUT2D eigenvalue weighted by molar-refractivity contribution is 7.87. The van der Waals surface area contributed by atoms with Crippen molar-refractivity contribution < 1.29 is 22.5 Å². The third kappa shape index (κ3) is 2.38. The summed E-state index contributed by atoms with van der Waals surface area (Å²) in [5.74, 6) is -0.312. The Labute approximate surface area is 125 Å². The van der Waals surface area contributed by atoms with Gasteiger partial charge < -0.3 is 4.74 Å². The fourth-order valence-corrected chi connectivity index (χ4v) is 4.18. The maximum Gasteiger partial charge on any atom is 0.276 e. The lowest BCUT2D eigenvalue weighted by molar-refractivity contribution is -0.130. The van der Waals surface area contributed by atoms with E-state index in [1.807, 2.05) is 0 Å². The van der Waals surface area contributed by atoms with Gasteiger partial charge in [0.2, 0.25) is 0 Å². The van der Waals surface area contributed by atoms with E-state index in [0.29, 0.717) is 26.3 Å². The molecule has 1 N–H and O–H groups in total. The molecule has 2 atom stereocenters. The molecule has 0 bridgehead atoms. The Bertz CT molecular complexity index is 603. The first-order valence-electron chi connectivity index (χ1n) is 6.85. The van der Waals surface area contributed by atoms with Gasteiger partial charge in [-0.2, -0.15) is 8.42 Å². The van der Waals surface area contributed by atoms with Gasteiger partial charge in [0.1, 0.15) is 10.3 Å². The fraction of sp³-hybridized carbons (Fsp3) is 0.643. The number of rotatable bonds is 3. The van der Waals surface area contributed by atoms with Crippen molar-refractivity contribution in [1.29, 1.82) is 0 Å². The molecule has 0 aromatic rings. The maximum atomic E-state index is 12.5. The Kier molecular flexibility index (Phi) is 4.14. The van der Waals surface area contributed by atoms with E-state index in [0.717, 1.165) is 5.57 Å². The minimum absolute atomic E-state index is 0.312. The minimum atomic E-state index is -4.49. The van der Waals surface area contributed by atoms with Crippen molar-refractivity contribution in [3.05, 3.63) is 23.8 Å². The van der Waals surface area contributed by atoms with E-state index in [1.165, 1.54) is 19.9 Å². The molecule has 21 heavy (non-hydrogen) atoms. The lowest BCUT2D eigenvalue weighted by Gasteiger charge is -2.51. The Hall–Kier alpha value is -1.02. The van der Waals surface area contributed by atoms with Gasteiger partial charge in [0.15, 0.2) is 5.78 Å². The van der Waals surface area contributed by atoms with Crippen molar-refractivity contribution in [3.63, 3.8) is 0 Å². The molecule has 1 heterocycles. The van der Waals surface area contributed by atoms with Crippen molar-refractivity contribution in [2.45, 2.75) is 31.1 Å². The van der Waals surface area contributed by atoms with Crippen LogP contribution in [0.3, 0.4) is 0 Å². The van der Waals surface area contributed by atoms with Gasteiger partial charge in [0, 0.05) is 13.1 Å². The molecule has 0 radical (unpaired) electrons. The lowest BCUT2D eigenvalue weighted by Crippen LogP contribution is -2.70. The van der Waals surface area contributed by atoms with E-state index in [2.05, 4.69) is 0 Å². The van der Waals surface area contributed by atoms with Gasteiger partial charge in [0.25, 0.3) is 10.1 Å². The zero-order chi connectivity index (χ0) is 15.9. The maximum absolute atomic E-state index is 12.5. The van der Waals surface area contributed by atoms with Gasteiger partial charge in [-0.05, 0) is 20.8 Å². The standard InChI is InChI=1S/C14H21NO5S/c1-11-4-5-13(3,21(17,18)19)14(10-11,12(2)16)15-6-8-20-9-7-15/h4-5,10H,6-9H2,1-3H3,(H,17,18,19)/t13-,14?/m1/s1. The van der Waals surface area contributed by atoms with Crippen molar-refractivity contribution in [1.82, 2.24) is 4.90 Å². The average molecular weight is 315 g/mol. The molecule has 7 heteroatoms. The van der Waals surface area contributed by atoms with Crippen LogP contribution in [0.1, 0.15) is 20.8 Å². The van der Waals surface area contributed by atoms with Crippen LogP contribution in [-0.4, -0.2) is 60.2 Å². The average Bonchev–Trinajstić information content (AvgIpc) is 2.41. The second-order valence-corrected chi connectivity index (χ2v) is 7.52. The monoisotopic (exact) mass is 315 g/mol. The first kappa shape index (κ1) is 16.4. The molecule has 0 aromatic carbocycles. The number of carbonyl (C=O) groups is 1. The number of hydrogen-bond acceptors (Lipinski definition) is 5. The Balaban J connectivity index is 2.69. The zero-order valence-electron chi connectivity index (χ0n) is 12.5. The minimum Gasteiger partial charge on any atom is -0.379 e. The number of nitrogens with zero attached hydrogens (tertiary/aromatic N) is 1. The van der Waals surface area contributed by atoms with E-state index in [9.17, 15) is 17.8 Å². The van der Waals surface area contributed by atoms with Crippen molar-refractivity contribution >= 4 is 15.9 Å². The fourth-order valence-electron chi connectivity index (χ4n) is 3.22. The summed E-state index contributed by atoms with van der Waals surface area (Å²) in [6.45, 7) is 6.27. The van der Waals surface area contributed by atoms with E-state index in [-0.39, 0.29) is 5.78 Å².